The fraction of sp³-hybridized carbons (Fsp3) is 0.600. The molecule has 1 unspecified atom stereocenters. The highest BCUT2D eigenvalue weighted by molar-refractivity contribution is 7.99. The van der Waals surface area contributed by atoms with Crippen molar-refractivity contribution >= 4 is 22.7 Å². The normalized spacial score (nSPS) is 21.1. The van der Waals surface area contributed by atoms with Gasteiger partial charge in [-0.25, -0.2) is 9.37 Å². The Balaban J connectivity index is 1.48. The number of nitrogens with zero attached hydrogens (tertiary/aromatic N) is 1. The van der Waals surface area contributed by atoms with Crippen LogP contribution in [-0.2, 0) is 15.2 Å². The van der Waals surface area contributed by atoms with Gasteiger partial charge in [0.15, 0.2) is 0 Å². The van der Waals surface area contributed by atoms with Gasteiger partial charge in [-0.15, -0.1) is 0 Å². The predicted molar refractivity (Wildman–Crippen MR) is 106 cm³/mol. The Morgan fingerprint density at radius 1 is 1.21 bits per heavy atom. The number of fused-ring (bicyclic) bond motifs is 1. The number of aromatic amines is 1. The molecule has 0 spiro atoms. The molecule has 1 N–H and O–H groups in total. The van der Waals surface area contributed by atoms with Crippen LogP contribution < -0.4 is 10.3 Å². The molecule has 28 heavy (non-hydrogen) atoms. The third-order valence-electron chi connectivity index (χ3n) is 5.15. The lowest BCUT2D eigenvalue weighted by molar-refractivity contribution is 0.0352. The van der Waals surface area contributed by atoms with E-state index in [1.807, 2.05) is 0 Å². The van der Waals surface area contributed by atoms with E-state index in [1.54, 1.807) is 17.8 Å². The summed E-state index contributed by atoms with van der Waals surface area (Å²) in [5.41, 5.74) is -0.112. The van der Waals surface area contributed by atoms with Crippen molar-refractivity contribution in [3.63, 3.8) is 0 Å². The molecule has 0 bridgehead atoms. The van der Waals surface area contributed by atoms with Crippen LogP contribution in [0.3, 0.4) is 0 Å². The fourth-order valence-corrected chi connectivity index (χ4v) is 4.65. The van der Waals surface area contributed by atoms with Crippen LogP contribution in [0.25, 0.3) is 10.9 Å². The van der Waals surface area contributed by atoms with E-state index in [-0.39, 0.29) is 5.39 Å². The van der Waals surface area contributed by atoms with Gasteiger partial charge in [-0.1, -0.05) is 0 Å². The summed E-state index contributed by atoms with van der Waals surface area (Å²) in [4.78, 5) is 19.6. The number of benzene rings is 1. The van der Waals surface area contributed by atoms with Crippen LogP contribution in [-0.4, -0.2) is 48.3 Å². The summed E-state index contributed by atoms with van der Waals surface area (Å²) in [6.45, 7) is 3.49. The van der Waals surface area contributed by atoms with Gasteiger partial charge in [-0.05, 0) is 25.7 Å². The molecule has 1 atom stereocenters. The topological polar surface area (TPSA) is 73.4 Å². The van der Waals surface area contributed by atoms with E-state index in [4.69, 9.17) is 14.2 Å². The van der Waals surface area contributed by atoms with Crippen LogP contribution in [0.5, 0.6) is 5.75 Å². The molecule has 1 aromatic carbocycles. The molecule has 2 aliphatic rings. The number of hydrogen-bond donors (Lipinski definition) is 1. The fourth-order valence-electron chi connectivity index (χ4n) is 3.59. The van der Waals surface area contributed by atoms with Crippen molar-refractivity contribution in [2.45, 2.75) is 36.7 Å². The SMILES string of the molecule is O=c1[nH]c(CSC2CCOCC2)nc2cc(OCC3CCCOC3)cc(F)c12. The number of aromatic nitrogens is 2. The van der Waals surface area contributed by atoms with Gasteiger partial charge in [0.2, 0.25) is 0 Å². The van der Waals surface area contributed by atoms with Gasteiger partial charge in [0, 0.05) is 43.1 Å². The average molecular weight is 408 g/mol. The van der Waals surface area contributed by atoms with Crippen molar-refractivity contribution < 1.29 is 18.6 Å². The zero-order valence-electron chi connectivity index (χ0n) is 15.7. The number of thioether (sulfide) groups is 1. The van der Waals surface area contributed by atoms with E-state index in [1.165, 1.54) is 6.07 Å². The zero-order valence-corrected chi connectivity index (χ0v) is 16.6. The highest BCUT2D eigenvalue weighted by Gasteiger charge is 2.18. The number of hydrogen-bond acceptors (Lipinski definition) is 6. The molecular weight excluding hydrogens is 383 g/mol. The molecule has 2 aliphatic heterocycles. The minimum atomic E-state index is -0.607. The van der Waals surface area contributed by atoms with E-state index in [2.05, 4.69) is 9.97 Å². The standard InChI is InChI=1S/C20H25FN2O4S/c21-16-8-14(27-11-13-2-1-5-26-10-13)9-17-19(16)20(24)23-18(22-17)12-28-15-3-6-25-7-4-15/h8-9,13,15H,1-7,10-12H2,(H,22,23,24). The second-order valence-corrected chi connectivity index (χ2v) is 8.62. The summed E-state index contributed by atoms with van der Waals surface area (Å²) in [5.74, 6) is 1.25. The number of H-pyrrole nitrogens is 1. The molecule has 0 radical (unpaired) electrons. The van der Waals surface area contributed by atoms with Gasteiger partial charge in [0.05, 0.1) is 24.5 Å². The summed E-state index contributed by atoms with van der Waals surface area (Å²) < 4.78 is 31.1. The summed E-state index contributed by atoms with van der Waals surface area (Å²) >= 11 is 1.75. The van der Waals surface area contributed by atoms with Crippen molar-refractivity contribution in [3.8, 4) is 5.75 Å². The number of rotatable bonds is 6. The average Bonchev–Trinajstić information content (AvgIpc) is 2.72. The Hall–Kier alpha value is -1.64. The van der Waals surface area contributed by atoms with Gasteiger partial charge in [0.1, 0.15) is 22.8 Å². The molecule has 3 heterocycles. The van der Waals surface area contributed by atoms with Crippen molar-refractivity contribution in [2.24, 2.45) is 5.92 Å². The molecule has 6 nitrogen and oxygen atoms in total. The lowest BCUT2D eigenvalue weighted by atomic mass is 10.0. The van der Waals surface area contributed by atoms with Crippen LogP contribution in [0.15, 0.2) is 16.9 Å². The van der Waals surface area contributed by atoms with Crippen LogP contribution in [0.4, 0.5) is 4.39 Å². The monoisotopic (exact) mass is 408 g/mol. The van der Waals surface area contributed by atoms with Crippen molar-refractivity contribution in [1.29, 1.82) is 0 Å². The summed E-state index contributed by atoms with van der Waals surface area (Å²) in [6, 6.07) is 2.92. The zero-order chi connectivity index (χ0) is 19.3. The lowest BCUT2D eigenvalue weighted by Gasteiger charge is -2.22. The Morgan fingerprint density at radius 2 is 2.07 bits per heavy atom. The Morgan fingerprint density at radius 3 is 2.86 bits per heavy atom. The number of halogens is 1. The van der Waals surface area contributed by atoms with E-state index in [0.717, 1.165) is 45.5 Å². The van der Waals surface area contributed by atoms with E-state index in [0.29, 0.717) is 47.2 Å². The third kappa shape index (κ3) is 4.85. The summed E-state index contributed by atoms with van der Waals surface area (Å²) in [6.07, 6.45) is 4.06. The van der Waals surface area contributed by atoms with Crippen LogP contribution in [0.2, 0.25) is 0 Å². The molecule has 0 aliphatic carbocycles. The first-order valence-electron chi connectivity index (χ1n) is 9.81. The maximum Gasteiger partial charge on any atom is 0.261 e. The van der Waals surface area contributed by atoms with Gasteiger partial charge >= 0.3 is 0 Å². The predicted octanol–water partition coefficient (Wildman–Crippen LogP) is 3.28. The molecule has 152 valence electrons. The van der Waals surface area contributed by atoms with Gasteiger partial charge in [-0.3, -0.25) is 4.79 Å². The first-order valence-corrected chi connectivity index (χ1v) is 10.9. The molecule has 0 amide bonds. The number of ether oxygens (including phenoxy) is 3. The molecule has 2 aromatic rings. The summed E-state index contributed by atoms with van der Waals surface area (Å²) in [5, 5.41) is 0.479. The van der Waals surface area contributed by atoms with E-state index < -0.39 is 11.4 Å². The molecule has 4 rings (SSSR count). The van der Waals surface area contributed by atoms with Crippen molar-refractivity contribution in [1.82, 2.24) is 9.97 Å². The first kappa shape index (κ1) is 19.7. The minimum Gasteiger partial charge on any atom is -0.493 e. The van der Waals surface area contributed by atoms with E-state index >= 15 is 0 Å². The molecule has 2 saturated heterocycles. The van der Waals surface area contributed by atoms with Gasteiger partial charge in [-0.2, -0.15) is 11.8 Å². The quantitative estimate of drug-likeness (QED) is 0.791. The van der Waals surface area contributed by atoms with Gasteiger partial charge < -0.3 is 19.2 Å². The second-order valence-electron chi connectivity index (χ2n) is 7.33. The second kappa shape index (κ2) is 9.24. The molecular formula is C20H25FN2O4S. The third-order valence-corrected chi connectivity index (χ3v) is 6.53. The maximum atomic E-state index is 14.5. The lowest BCUT2D eigenvalue weighted by Crippen LogP contribution is -2.23. The van der Waals surface area contributed by atoms with Crippen LogP contribution in [0, 0.1) is 11.7 Å². The van der Waals surface area contributed by atoms with Crippen LogP contribution in [0.1, 0.15) is 31.5 Å². The molecule has 0 saturated carbocycles. The Labute approximate surface area is 167 Å². The van der Waals surface area contributed by atoms with Crippen LogP contribution >= 0.6 is 11.8 Å². The largest absolute Gasteiger partial charge is 0.493 e. The first-order chi connectivity index (χ1) is 13.7. The highest BCUT2D eigenvalue weighted by atomic mass is 32.2. The van der Waals surface area contributed by atoms with Crippen molar-refractivity contribution in [2.75, 3.05) is 33.0 Å². The Bertz CT molecular complexity index is 858. The molecule has 2 fully saturated rings. The minimum absolute atomic E-state index is 0.0202. The molecule has 8 heteroatoms. The smallest absolute Gasteiger partial charge is 0.261 e. The maximum absolute atomic E-state index is 14.5. The van der Waals surface area contributed by atoms with E-state index in [9.17, 15) is 9.18 Å². The summed E-state index contributed by atoms with van der Waals surface area (Å²) in [7, 11) is 0. The highest BCUT2D eigenvalue weighted by Crippen LogP contribution is 2.26. The number of nitrogens with one attached hydrogen (secondary N) is 1. The van der Waals surface area contributed by atoms with Crippen molar-refractivity contribution in [3.05, 3.63) is 34.1 Å². The molecule has 1 aromatic heterocycles. The van der Waals surface area contributed by atoms with Gasteiger partial charge in [0.25, 0.3) is 5.56 Å². The Kier molecular flexibility index (Phi) is 6.49.